The highest BCUT2D eigenvalue weighted by Crippen LogP contribution is 2.37. The second-order valence-electron chi connectivity index (χ2n) is 7.87. The van der Waals surface area contributed by atoms with Gasteiger partial charge in [-0.2, -0.15) is 0 Å². The van der Waals surface area contributed by atoms with Gasteiger partial charge in [0, 0.05) is 13.7 Å². The molecule has 4 heterocycles. The van der Waals surface area contributed by atoms with Gasteiger partial charge >= 0.3 is 0 Å². The fourth-order valence-corrected chi connectivity index (χ4v) is 4.48. The Bertz CT molecular complexity index is 1410. The van der Waals surface area contributed by atoms with Crippen LogP contribution in [0.2, 0.25) is 0 Å². The molecule has 150 valence electrons. The predicted molar refractivity (Wildman–Crippen MR) is 118 cm³/mol. The second-order valence-corrected chi connectivity index (χ2v) is 7.87. The highest BCUT2D eigenvalue weighted by atomic mass is 16.5. The molecule has 7 heteroatoms. The van der Waals surface area contributed by atoms with E-state index in [0.717, 1.165) is 64.1 Å². The van der Waals surface area contributed by atoms with E-state index in [1.165, 1.54) is 0 Å². The minimum absolute atomic E-state index is 0.143. The molecule has 7 nitrogen and oxygen atoms in total. The zero-order valence-corrected chi connectivity index (χ0v) is 16.7. The number of benzene rings is 2. The first-order valence-corrected chi connectivity index (χ1v) is 10.3. The summed E-state index contributed by atoms with van der Waals surface area (Å²) in [5, 5.41) is 0. The summed E-state index contributed by atoms with van der Waals surface area (Å²) >= 11 is 0. The molecule has 0 spiro atoms. The topological polar surface area (TPSA) is 83.8 Å². The summed E-state index contributed by atoms with van der Waals surface area (Å²) < 4.78 is 10.0. The third-order valence-electron chi connectivity index (χ3n) is 6.01. The number of fused-ring (bicyclic) bond motifs is 3. The lowest BCUT2D eigenvalue weighted by Gasteiger charge is -2.13. The first-order chi connectivity index (χ1) is 14.7. The summed E-state index contributed by atoms with van der Waals surface area (Å²) in [6.07, 6.45) is 2.25. The van der Waals surface area contributed by atoms with E-state index >= 15 is 0 Å². The molecule has 30 heavy (non-hydrogen) atoms. The van der Waals surface area contributed by atoms with Crippen molar-refractivity contribution in [2.24, 2.45) is 7.05 Å². The van der Waals surface area contributed by atoms with Gasteiger partial charge in [-0.1, -0.05) is 24.3 Å². The molecule has 1 aliphatic heterocycles. The third-order valence-corrected chi connectivity index (χ3v) is 6.01. The largest absolute Gasteiger partial charge is 0.384 e. The van der Waals surface area contributed by atoms with Gasteiger partial charge in [0.25, 0.3) is 0 Å². The molecular formula is C23H22N6O. The molecule has 0 unspecified atom stereocenters. The van der Waals surface area contributed by atoms with Crippen LogP contribution in [-0.4, -0.2) is 36.8 Å². The van der Waals surface area contributed by atoms with E-state index in [2.05, 4.69) is 15.2 Å². The number of imidazole rings is 1. The van der Waals surface area contributed by atoms with Crippen molar-refractivity contribution in [3.05, 3.63) is 48.5 Å². The van der Waals surface area contributed by atoms with Crippen LogP contribution in [0.15, 0.2) is 48.5 Å². The molecular weight excluding hydrogens is 376 g/mol. The summed E-state index contributed by atoms with van der Waals surface area (Å²) in [6.45, 7) is 1.47. The molecule has 0 bridgehead atoms. The van der Waals surface area contributed by atoms with Gasteiger partial charge in [-0.25, -0.2) is 15.0 Å². The lowest BCUT2D eigenvalue weighted by Crippen LogP contribution is -2.17. The molecule has 0 radical (unpaired) electrons. The van der Waals surface area contributed by atoms with E-state index in [-0.39, 0.29) is 6.10 Å². The summed E-state index contributed by atoms with van der Waals surface area (Å²) in [5.74, 6) is 1.43. The molecule has 1 atom stereocenters. The maximum atomic E-state index is 6.75. The van der Waals surface area contributed by atoms with E-state index in [1.54, 1.807) is 0 Å². The van der Waals surface area contributed by atoms with Crippen LogP contribution in [0.3, 0.4) is 0 Å². The van der Waals surface area contributed by atoms with Gasteiger partial charge in [-0.15, -0.1) is 0 Å². The minimum atomic E-state index is 0.143. The molecule has 0 saturated carbocycles. The van der Waals surface area contributed by atoms with Crippen molar-refractivity contribution in [3.8, 4) is 11.4 Å². The third kappa shape index (κ3) is 2.52. The maximum absolute atomic E-state index is 6.75. The summed E-state index contributed by atoms with van der Waals surface area (Å²) in [5.41, 5.74) is 12.8. The molecule has 3 aromatic heterocycles. The number of hydrogen-bond donors (Lipinski definition) is 1. The second kappa shape index (κ2) is 6.53. The number of ether oxygens (including phenoxy) is 1. The highest BCUT2D eigenvalue weighted by Gasteiger charge is 2.26. The van der Waals surface area contributed by atoms with Gasteiger partial charge in [-0.05, 0) is 37.1 Å². The average Bonchev–Trinajstić information content (AvgIpc) is 3.46. The smallest absolute Gasteiger partial charge is 0.161 e. The summed E-state index contributed by atoms with van der Waals surface area (Å²) in [7, 11) is 2.02. The van der Waals surface area contributed by atoms with E-state index in [9.17, 15) is 0 Å². The average molecular weight is 398 g/mol. The van der Waals surface area contributed by atoms with Crippen molar-refractivity contribution < 1.29 is 4.74 Å². The predicted octanol–water partition coefficient (Wildman–Crippen LogP) is 3.90. The SMILES string of the molecule is Cn1c(-c2c(N)n(C[C@H]3CCCO3)c3nc4ccccc4nc23)nc2ccccc21. The lowest BCUT2D eigenvalue weighted by molar-refractivity contribution is 0.0984. The van der Waals surface area contributed by atoms with Crippen molar-refractivity contribution in [1.82, 2.24) is 24.1 Å². The molecule has 1 saturated heterocycles. The molecule has 1 fully saturated rings. The Hall–Kier alpha value is -3.45. The Morgan fingerprint density at radius 1 is 1.00 bits per heavy atom. The summed E-state index contributed by atoms with van der Waals surface area (Å²) in [4.78, 5) is 14.8. The standard InChI is InChI=1S/C23H22N6O/c1-28-18-11-5-4-10-17(18)27-22(28)19-20-23(26-16-9-3-2-8-15(16)25-20)29(21(19)24)13-14-7-6-12-30-14/h2-5,8-11,14H,6-7,12-13,24H2,1H3/t14-/m1/s1. The molecule has 6 rings (SSSR count). The van der Waals surface area contributed by atoms with E-state index in [4.69, 9.17) is 25.4 Å². The number of rotatable bonds is 3. The Kier molecular flexibility index (Phi) is 3.79. The zero-order chi connectivity index (χ0) is 20.2. The molecule has 5 aromatic rings. The number of aromatic nitrogens is 5. The Labute approximate surface area is 173 Å². The first-order valence-electron chi connectivity index (χ1n) is 10.3. The van der Waals surface area contributed by atoms with Crippen LogP contribution >= 0.6 is 0 Å². The van der Waals surface area contributed by atoms with E-state index in [1.807, 2.05) is 49.5 Å². The maximum Gasteiger partial charge on any atom is 0.161 e. The van der Waals surface area contributed by atoms with Crippen molar-refractivity contribution in [1.29, 1.82) is 0 Å². The van der Waals surface area contributed by atoms with Crippen LogP contribution in [0, 0.1) is 0 Å². The molecule has 1 aliphatic rings. The molecule has 2 aromatic carbocycles. The molecule has 0 aliphatic carbocycles. The van der Waals surface area contributed by atoms with Crippen molar-refractivity contribution in [3.63, 3.8) is 0 Å². The minimum Gasteiger partial charge on any atom is -0.384 e. The van der Waals surface area contributed by atoms with Crippen LogP contribution < -0.4 is 5.73 Å². The van der Waals surface area contributed by atoms with Gasteiger partial charge in [0.2, 0.25) is 0 Å². The molecule has 2 N–H and O–H groups in total. The van der Waals surface area contributed by atoms with E-state index < -0.39 is 0 Å². The monoisotopic (exact) mass is 398 g/mol. The highest BCUT2D eigenvalue weighted by molar-refractivity contribution is 6.01. The number of para-hydroxylation sites is 4. The number of aryl methyl sites for hydroxylation is 1. The van der Waals surface area contributed by atoms with Gasteiger partial charge in [0.1, 0.15) is 17.2 Å². The Balaban J connectivity index is 1.66. The number of nitrogen functional groups attached to an aromatic ring is 1. The van der Waals surface area contributed by atoms with Gasteiger partial charge in [0.05, 0.1) is 40.3 Å². The molecule has 0 amide bonds. The number of hydrogen-bond acceptors (Lipinski definition) is 5. The van der Waals surface area contributed by atoms with Crippen molar-refractivity contribution in [2.75, 3.05) is 12.3 Å². The van der Waals surface area contributed by atoms with Crippen LogP contribution in [-0.2, 0) is 18.3 Å². The first kappa shape index (κ1) is 17.4. The van der Waals surface area contributed by atoms with Crippen LogP contribution in [0.5, 0.6) is 0 Å². The lowest BCUT2D eigenvalue weighted by atomic mass is 10.2. The van der Waals surface area contributed by atoms with Crippen LogP contribution in [0.25, 0.3) is 44.6 Å². The normalized spacial score (nSPS) is 16.9. The summed E-state index contributed by atoms with van der Waals surface area (Å²) in [6, 6.07) is 16.0. The number of nitrogens with two attached hydrogens (primary N) is 1. The fraction of sp³-hybridized carbons (Fsp3) is 0.261. The van der Waals surface area contributed by atoms with Gasteiger partial charge in [0.15, 0.2) is 5.65 Å². The number of anilines is 1. The van der Waals surface area contributed by atoms with Crippen molar-refractivity contribution in [2.45, 2.75) is 25.5 Å². The van der Waals surface area contributed by atoms with Gasteiger partial charge < -0.3 is 19.6 Å². The van der Waals surface area contributed by atoms with Gasteiger partial charge in [-0.3, -0.25) is 0 Å². The van der Waals surface area contributed by atoms with E-state index in [0.29, 0.717) is 12.4 Å². The van der Waals surface area contributed by atoms with Crippen molar-refractivity contribution >= 4 is 39.0 Å². The Morgan fingerprint density at radius 3 is 2.47 bits per heavy atom. The van der Waals surface area contributed by atoms with Crippen LogP contribution in [0.1, 0.15) is 12.8 Å². The quantitative estimate of drug-likeness (QED) is 0.498. The fourth-order valence-electron chi connectivity index (χ4n) is 4.48. The number of nitrogens with zero attached hydrogens (tertiary/aromatic N) is 5. The zero-order valence-electron chi connectivity index (χ0n) is 16.7. The Morgan fingerprint density at radius 2 is 1.73 bits per heavy atom. The van der Waals surface area contributed by atoms with Crippen LogP contribution in [0.4, 0.5) is 5.82 Å².